The van der Waals surface area contributed by atoms with Crippen molar-refractivity contribution < 1.29 is 14.6 Å². The highest BCUT2D eigenvalue weighted by Gasteiger charge is 2.14. The zero-order valence-electron chi connectivity index (χ0n) is 15.8. The van der Waals surface area contributed by atoms with Gasteiger partial charge in [0.2, 0.25) is 0 Å². The van der Waals surface area contributed by atoms with Crippen molar-refractivity contribution in [2.75, 3.05) is 12.4 Å². The topological polar surface area (TPSA) is 133 Å². The van der Waals surface area contributed by atoms with Gasteiger partial charge >= 0.3 is 11.4 Å². The van der Waals surface area contributed by atoms with Crippen LogP contribution in [0.5, 0.6) is 5.75 Å². The van der Waals surface area contributed by atoms with E-state index in [9.17, 15) is 20.2 Å². The maximum atomic E-state index is 10.9. The van der Waals surface area contributed by atoms with E-state index in [1.807, 2.05) is 24.3 Å². The lowest BCUT2D eigenvalue weighted by Gasteiger charge is -2.08. The molecule has 31 heavy (non-hydrogen) atoms. The van der Waals surface area contributed by atoms with Gasteiger partial charge in [-0.25, -0.2) is 9.97 Å². The first-order chi connectivity index (χ1) is 14.7. The molecular weight excluding hydrogens is 561 g/mol. The van der Waals surface area contributed by atoms with Crippen LogP contribution in [0.3, 0.4) is 0 Å². The van der Waals surface area contributed by atoms with Crippen LogP contribution >= 0.6 is 43.5 Å². The minimum atomic E-state index is -0.582. The van der Waals surface area contributed by atoms with Crippen LogP contribution in [0.4, 0.5) is 17.1 Å². The minimum Gasteiger partial charge on any atom is -0.497 e. The summed E-state index contributed by atoms with van der Waals surface area (Å²) in [6.07, 6.45) is 2.33. The molecule has 0 aliphatic carbocycles. The van der Waals surface area contributed by atoms with E-state index in [-0.39, 0.29) is 16.4 Å². The summed E-state index contributed by atoms with van der Waals surface area (Å²) >= 11 is 11.7. The second-order valence-corrected chi connectivity index (χ2v) is 7.73. The predicted molar refractivity (Wildman–Crippen MR) is 123 cm³/mol. The fourth-order valence-corrected chi connectivity index (χ4v) is 3.20. The third-order valence-corrected chi connectivity index (χ3v) is 4.86. The molecule has 0 amide bonds. The Morgan fingerprint density at radius 2 is 1.55 bits per heavy atom. The molecular formula is C18H14Br2ClN5O5. The largest absolute Gasteiger partial charge is 0.497 e. The van der Waals surface area contributed by atoms with Gasteiger partial charge in [0.25, 0.3) is 0 Å². The molecule has 0 bridgehead atoms. The molecule has 0 aliphatic rings. The number of anilines is 1. The van der Waals surface area contributed by atoms with Crippen LogP contribution in [-0.2, 0) is 6.54 Å². The average Bonchev–Trinajstić information content (AvgIpc) is 2.72. The Balaban J connectivity index is 0.000000262. The first-order valence-corrected chi connectivity index (χ1v) is 10.3. The second kappa shape index (κ2) is 11.5. The predicted octanol–water partition coefficient (Wildman–Crippen LogP) is 5.78. The number of benzene rings is 1. The van der Waals surface area contributed by atoms with Gasteiger partial charge in [0.1, 0.15) is 38.1 Å². The molecule has 13 heteroatoms. The summed E-state index contributed by atoms with van der Waals surface area (Å²) in [6.45, 7) is 0.473. The molecule has 0 saturated heterocycles. The molecule has 3 aromatic rings. The van der Waals surface area contributed by atoms with Gasteiger partial charge in [-0.3, -0.25) is 20.2 Å². The van der Waals surface area contributed by atoms with Crippen molar-refractivity contribution >= 4 is 60.5 Å². The van der Waals surface area contributed by atoms with Gasteiger partial charge in [0, 0.05) is 12.6 Å². The number of pyridine rings is 2. The smallest absolute Gasteiger partial charge is 0.310 e. The van der Waals surface area contributed by atoms with E-state index < -0.39 is 9.85 Å². The number of ether oxygens (including phenoxy) is 1. The number of halogens is 3. The monoisotopic (exact) mass is 573 g/mol. The van der Waals surface area contributed by atoms with Gasteiger partial charge in [-0.05, 0) is 55.6 Å². The lowest BCUT2D eigenvalue weighted by Crippen LogP contribution is -2.03. The first-order valence-electron chi connectivity index (χ1n) is 8.33. The van der Waals surface area contributed by atoms with Crippen LogP contribution in [0.2, 0.25) is 5.02 Å². The van der Waals surface area contributed by atoms with Gasteiger partial charge in [-0.2, -0.15) is 0 Å². The summed E-state index contributed by atoms with van der Waals surface area (Å²) in [5.74, 6) is 0.770. The number of rotatable bonds is 6. The summed E-state index contributed by atoms with van der Waals surface area (Å²) < 4.78 is 6.10. The number of nitrogens with zero attached hydrogens (tertiary/aromatic N) is 4. The normalized spacial score (nSPS) is 9.94. The second-order valence-electron chi connectivity index (χ2n) is 5.70. The Labute approximate surface area is 198 Å². The summed E-state index contributed by atoms with van der Waals surface area (Å²) in [5, 5.41) is 24.2. The summed E-state index contributed by atoms with van der Waals surface area (Å²) in [4.78, 5) is 27.6. The molecule has 1 aromatic carbocycles. The van der Waals surface area contributed by atoms with E-state index >= 15 is 0 Å². The van der Waals surface area contributed by atoms with E-state index in [4.69, 9.17) is 16.3 Å². The maximum Gasteiger partial charge on any atom is 0.310 e. The van der Waals surface area contributed by atoms with Crippen LogP contribution in [-0.4, -0.2) is 26.9 Å². The minimum absolute atomic E-state index is 0.0540. The Morgan fingerprint density at radius 1 is 1.00 bits per heavy atom. The lowest BCUT2D eigenvalue weighted by molar-refractivity contribution is -0.385. The molecule has 10 nitrogen and oxygen atoms in total. The van der Waals surface area contributed by atoms with Crippen molar-refractivity contribution in [1.29, 1.82) is 0 Å². The summed E-state index contributed by atoms with van der Waals surface area (Å²) in [7, 11) is 1.60. The fraction of sp³-hybridized carbons (Fsp3) is 0.111. The molecule has 0 unspecified atom stereocenters. The number of hydrogen-bond donors (Lipinski definition) is 1. The average molecular weight is 576 g/mol. The lowest BCUT2D eigenvalue weighted by atomic mass is 10.2. The summed E-state index contributed by atoms with van der Waals surface area (Å²) in [5.41, 5.74) is 1.18. The van der Waals surface area contributed by atoms with E-state index in [2.05, 4.69) is 47.1 Å². The first kappa shape index (κ1) is 24.4. The molecule has 0 radical (unpaired) electrons. The van der Waals surface area contributed by atoms with E-state index in [1.165, 1.54) is 12.3 Å². The zero-order chi connectivity index (χ0) is 23.0. The van der Waals surface area contributed by atoms with Crippen LogP contribution in [0.25, 0.3) is 0 Å². The molecule has 2 aromatic heterocycles. The number of methoxy groups -OCH3 is 1. The van der Waals surface area contributed by atoms with Crippen molar-refractivity contribution in [3.8, 4) is 5.75 Å². The molecule has 0 fully saturated rings. The van der Waals surface area contributed by atoms with E-state index in [0.29, 0.717) is 21.4 Å². The van der Waals surface area contributed by atoms with Crippen molar-refractivity contribution in [3.63, 3.8) is 0 Å². The summed E-state index contributed by atoms with van der Waals surface area (Å²) in [6, 6.07) is 10.4. The van der Waals surface area contributed by atoms with Crippen molar-refractivity contribution in [2.45, 2.75) is 6.54 Å². The molecule has 2 heterocycles. The molecule has 3 rings (SSSR count). The zero-order valence-corrected chi connectivity index (χ0v) is 19.7. The number of aromatic nitrogens is 2. The highest BCUT2D eigenvalue weighted by atomic mass is 79.9. The Morgan fingerprint density at radius 3 is 2.06 bits per heavy atom. The van der Waals surface area contributed by atoms with Gasteiger partial charge in [0.15, 0.2) is 0 Å². The van der Waals surface area contributed by atoms with Crippen LogP contribution in [0.1, 0.15) is 5.56 Å². The van der Waals surface area contributed by atoms with Crippen molar-refractivity contribution in [1.82, 2.24) is 9.97 Å². The van der Waals surface area contributed by atoms with Gasteiger partial charge in [-0.1, -0.05) is 23.7 Å². The maximum absolute atomic E-state index is 10.9. The Hall–Kier alpha value is -2.83. The highest BCUT2D eigenvalue weighted by Crippen LogP contribution is 2.27. The number of hydrogen-bond acceptors (Lipinski definition) is 8. The molecule has 0 aliphatic heterocycles. The molecule has 0 atom stereocenters. The molecule has 0 saturated carbocycles. The third kappa shape index (κ3) is 7.42. The molecule has 0 spiro atoms. The van der Waals surface area contributed by atoms with Crippen LogP contribution in [0, 0.1) is 20.2 Å². The molecule has 162 valence electrons. The number of nitro groups is 2. The highest BCUT2D eigenvalue weighted by molar-refractivity contribution is 9.10. The van der Waals surface area contributed by atoms with Gasteiger partial charge in [0.05, 0.1) is 17.0 Å². The fourth-order valence-electron chi connectivity index (χ4n) is 2.19. The Kier molecular flexibility index (Phi) is 9.09. The standard InChI is InChI=1S/C13H12BrN3O3.C5H2BrClN2O2/c1-20-10-4-2-9(3-5-10)7-15-11-6-13(14)16-8-12(11)17(18)19;6-5-1-3(7)4(2-8-5)9(10)11/h2-6,8H,7H2,1H3,(H,15,16);1-2H. The SMILES string of the molecule is COc1ccc(CNc2cc(Br)ncc2[N+](=O)[O-])cc1.O=[N+]([O-])c1cnc(Br)cc1Cl. The van der Waals surface area contributed by atoms with Crippen LogP contribution in [0.15, 0.2) is 58.0 Å². The third-order valence-electron chi connectivity index (χ3n) is 3.69. The van der Waals surface area contributed by atoms with Crippen molar-refractivity contribution in [3.05, 3.63) is 88.8 Å². The molecule has 1 N–H and O–H groups in total. The quantitative estimate of drug-likeness (QED) is 0.222. The Bertz CT molecular complexity index is 1090. The van der Waals surface area contributed by atoms with E-state index in [1.54, 1.807) is 13.2 Å². The van der Waals surface area contributed by atoms with Gasteiger partial charge in [-0.15, -0.1) is 0 Å². The van der Waals surface area contributed by atoms with E-state index in [0.717, 1.165) is 17.5 Å². The number of nitrogens with one attached hydrogen (secondary N) is 1. The van der Waals surface area contributed by atoms with Gasteiger partial charge < -0.3 is 10.1 Å². The van der Waals surface area contributed by atoms with Crippen LogP contribution < -0.4 is 10.1 Å². The van der Waals surface area contributed by atoms with Crippen molar-refractivity contribution in [2.24, 2.45) is 0 Å².